The van der Waals surface area contributed by atoms with Gasteiger partial charge in [0.25, 0.3) is 0 Å². The number of hydrogen-bond donors (Lipinski definition) is 1. The fraction of sp³-hybridized carbons (Fsp3) is 0.500. The molecular formula is C16H26N2O2S. The molecule has 4 nitrogen and oxygen atoms in total. The predicted molar refractivity (Wildman–Crippen MR) is 88.5 cm³/mol. The Hall–Kier alpha value is -1.17. The van der Waals surface area contributed by atoms with E-state index in [9.17, 15) is 8.42 Å². The Kier molecular flexibility index (Phi) is 7.08. The standard InChI is InChI=1S/C16H26N2O2S/c1-5-17-11-15-7-9-16(10-8-15)13-21(19,20)18(6-2)12-14(3)4/h7-10,17H,3,5-6,11-13H2,1-2,4H3. The Morgan fingerprint density at radius 1 is 1.19 bits per heavy atom. The zero-order chi connectivity index (χ0) is 15.9. The van der Waals surface area contributed by atoms with Gasteiger partial charge in [-0.05, 0) is 24.6 Å². The zero-order valence-electron chi connectivity index (χ0n) is 13.2. The van der Waals surface area contributed by atoms with Crippen molar-refractivity contribution >= 4 is 10.0 Å². The average Bonchev–Trinajstić information content (AvgIpc) is 2.43. The molecule has 0 amide bonds. The van der Waals surface area contributed by atoms with Crippen molar-refractivity contribution in [2.75, 3.05) is 19.6 Å². The van der Waals surface area contributed by atoms with E-state index in [0.29, 0.717) is 13.1 Å². The van der Waals surface area contributed by atoms with Gasteiger partial charge in [0.2, 0.25) is 10.0 Å². The average molecular weight is 310 g/mol. The van der Waals surface area contributed by atoms with Crippen molar-refractivity contribution in [3.8, 4) is 0 Å². The summed E-state index contributed by atoms with van der Waals surface area (Å²) < 4.78 is 26.3. The molecule has 0 aliphatic rings. The molecule has 0 spiro atoms. The van der Waals surface area contributed by atoms with E-state index < -0.39 is 10.0 Å². The van der Waals surface area contributed by atoms with Gasteiger partial charge in [-0.25, -0.2) is 8.42 Å². The minimum atomic E-state index is -3.29. The van der Waals surface area contributed by atoms with Crippen LogP contribution >= 0.6 is 0 Å². The monoisotopic (exact) mass is 310 g/mol. The second-order valence-electron chi connectivity index (χ2n) is 5.24. The first-order valence-electron chi connectivity index (χ1n) is 7.29. The molecule has 0 radical (unpaired) electrons. The molecule has 118 valence electrons. The van der Waals surface area contributed by atoms with E-state index in [-0.39, 0.29) is 5.75 Å². The van der Waals surface area contributed by atoms with Crippen molar-refractivity contribution in [3.05, 3.63) is 47.5 Å². The smallest absolute Gasteiger partial charge is 0.218 e. The molecule has 0 saturated carbocycles. The largest absolute Gasteiger partial charge is 0.313 e. The van der Waals surface area contributed by atoms with E-state index in [0.717, 1.165) is 29.8 Å². The number of sulfonamides is 1. The van der Waals surface area contributed by atoms with E-state index in [1.54, 1.807) is 0 Å². The summed E-state index contributed by atoms with van der Waals surface area (Å²) in [6.45, 7) is 12.1. The topological polar surface area (TPSA) is 49.4 Å². The van der Waals surface area contributed by atoms with Crippen LogP contribution in [0.5, 0.6) is 0 Å². The second-order valence-corrected chi connectivity index (χ2v) is 7.21. The molecule has 0 unspecified atom stereocenters. The van der Waals surface area contributed by atoms with Crippen LogP contribution in [0.4, 0.5) is 0 Å². The summed E-state index contributed by atoms with van der Waals surface area (Å²) in [6, 6.07) is 7.72. The van der Waals surface area contributed by atoms with Gasteiger partial charge in [-0.2, -0.15) is 4.31 Å². The van der Waals surface area contributed by atoms with E-state index >= 15 is 0 Å². The summed E-state index contributed by atoms with van der Waals surface area (Å²) >= 11 is 0. The van der Waals surface area contributed by atoms with E-state index in [1.807, 2.05) is 38.1 Å². The van der Waals surface area contributed by atoms with Crippen molar-refractivity contribution in [1.29, 1.82) is 0 Å². The first kappa shape index (κ1) is 17.9. The molecule has 0 aliphatic carbocycles. The maximum absolute atomic E-state index is 12.4. The van der Waals surface area contributed by atoms with Crippen LogP contribution in [0.1, 0.15) is 31.9 Å². The van der Waals surface area contributed by atoms with Crippen molar-refractivity contribution in [3.63, 3.8) is 0 Å². The van der Waals surface area contributed by atoms with Gasteiger partial charge in [-0.3, -0.25) is 0 Å². The van der Waals surface area contributed by atoms with Gasteiger partial charge in [0, 0.05) is 19.6 Å². The highest BCUT2D eigenvalue weighted by atomic mass is 32.2. The lowest BCUT2D eigenvalue weighted by Crippen LogP contribution is -2.33. The Balaban J connectivity index is 2.76. The summed E-state index contributed by atoms with van der Waals surface area (Å²) in [5, 5.41) is 3.25. The lowest BCUT2D eigenvalue weighted by molar-refractivity contribution is 0.452. The molecule has 0 aliphatic heterocycles. The number of rotatable bonds is 9. The van der Waals surface area contributed by atoms with Crippen LogP contribution in [0.15, 0.2) is 36.4 Å². The predicted octanol–water partition coefficient (Wildman–Crippen LogP) is 2.52. The molecule has 0 aromatic heterocycles. The van der Waals surface area contributed by atoms with Crippen LogP contribution in [0, 0.1) is 0 Å². The summed E-state index contributed by atoms with van der Waals surface area (Å²) in [5.74, 6) is 0.0373. The molecule has 0 fully saturated rings. The van der Waals surface area contributed by atoms with Crippen LogP contribution in [0.2, 0.25) is 0 Å². The maximum atomic E-state index is 12.4. The Labute approximate surface area is 128 Å². The Bertz CT molecular complexity index is 550. The highest BCUT2D eigenvalue weighted by molar-refractivity contribution is 7.88. The van der Waals surface area contributed by atoms with Gasteiger partial charge in [0.05, 0.1) is 5.75 Å². The van der Waals surface area contributed by atoms with Crippen LogP contribution in [0.25, 0.3) is 0 Å². The number of benzene rings is 1. The van der Waals surface area contributed by atoms with E-state index in [1.165, 1.54) is 4.31 Å². The van der Waals surface area contributed by atoms with E-state index in [2.05, 4.69) is 18.8 Å². The van der Waals surface area contributed by atoms with Crippen LogP contribution in [-0.2, 0) is 22.3 Å². The highest BCUT2D eigenvalue weighted by Crippen LogP contribution is 2.13. The third-order valence-corrected chi connectivity index (χ3v) is 5.02. The fourth-order valence-electron chi connectivity index (χ4n) is 2.03. The molecule has 1 N–H and O–H groups in total. The quantitative estimate of drug-likeness (QED) is 0.713. The first-order chi connectivity index (χ1) is 9.89. The Morgan fingerprint density at radius 3 is 2.24 bits per heavy atom. The summed E-state index contributed by atoms with van der Waals surface area (Å²) in [6.07, 6.45) is 0. The SMILES string of the molecule is C=C(C)CN(CC)S(=O)(=O)Cc1ccc(CNCC)cc1. The molecule has 0 atom stereocenters. The molecule has 1 rings (SSSR count). The summed E-state index contributed by atoms with van der Waals surface area (Å²) in [5.41, 5.74) is 2.82. The number of likely N-dealkylation sites (N-methyl/N-ethyl adjacent to an activating group) is 1. The van der Waals surface area contributed by atoms with Gasteiger partial charge in [0.1, 0.15) is 0 Å². The van der Waals surface area contributed by atoms with Crippen molar-refractivity contribution in [2.45, 2.75) is 33.1 Å². The van der Waals surface area contributed by atoms with Crippen LogP contribution < -0.4 is 5.32 Å². The van der Waals surface area contributed by atoms with Crippen LogP contribution in [-0.4, -0.2) is 32.4 Å². The molecule has 1 aromatic carbocycles. The molecule has 21 heavy (non-hydrogen) atoms. The third-order valence-electron chi connectivity index (χ3n) is 3.14. The highest BCUT2D eigenvalue weighted by Gasteiger charge is 2.20. The first-order valence-corrected chi connectivity index (χ1v) is 8.90. The van der Waals surface area contributed by atoms with E-state index in [4.69, 9.17) is 0 Å². The maximum Gasteiger partial charge on any atom is 0.218 e. The Morgan fingerprint density at radius 2 is 1.76 bits per heavy atom. The number of nitrogens with zero attached hydrogens (tertiary/aromatic N) is 1. The fourth-order valence-corrected chi connectivity index (χ4v) is 3.64. The minimum Gasteiger partial charge on any atom is -0.313 e. The lowest BCUT2D eigenvalue weighted by atomic mass is 10.1. The molecule has 0 bridgehead atoms. The van der Waals surface area contributed by atoms with Crippen LogP contribution in [0.3, 0.4) is 0 Å². The van der Waals surface area contributed by atoms with Crippen molar-refractivity contribution in [1.82, 2.24) is 9.62 Å². The normalized spacial score (nSPS) is 11.8. The summed E-state index contributed by atoms with van der Waals surface area (Å²) in [4.78, 5) is 0. The second kappa shape index (κ2) is 8.32. The summed E-state index contributed by atoms with van der Waals surface area (Å²) in [7, 11) is -3.29. The van der Waals surface area contributed by atoms with Gasteiger partial charge in [-0.1, -0.05) is 50.3 Å². The zero-order valence-corrected chi connectivity index (χ0v) is 14.0. The number of hydrogen-bond acceptors (Lipinski definition) is 3. The van der Waals surface area contributed by atoms with Crippen molar-refractivity contribution < 1.29 is 8.42 Å². The van der Waals surface area contributed by atoms with Crippen molar-refractivity contribution in [2.24, 2.45) is 0 Å². The molecular weight excluding hydrogens is 284 g/mol. The van der Waals surface area contributed by atoms with Gasteiger partial charge < -0.3 is 5.32 Å². The minimum absolute atomic E-state index is 0.0373. The molecule has 0 heterocycles. The molecule has 0 saturated heterocycles. The molecule has 5 heteroatoms. The third kappa shape index (κ3) is 5.99. The number of nitrogens with one attached hydrogen (secondary N) is 1. The van der Waals surface area contributed by atoms with Gasteiger partial charge >= 0.3 is 0 Å². The lowest BCUT2D eigenvalue weighted by Gasteiger charge is -2.20. The van der Waals surface area contributed by atoms with Gasteiger partial charge in [0.15, 0.2) is 0 Å². The molecule has 1 aromatic rings. The van der Waals surface area contributed by atoms with Gasteiger partial charge in [-0.15, -0.1) is 0 Å².